The van der Waals surface area contributed by atoms with Gasteiger partial charge in [-0.3, -0.25) is 0 Å². The number of fused-ring (bicyclic) bond motifs is 1. The van der Waals surface area contributed by atoms with Crippen LogP contribution in [-0.4, -0.2) is 18.1 Å². The maximum atomic E-state index is 5.47. The van der Waals surface area contributed by atoms with Crippen molar-refractivity contribution in [3.05, 3.63) is 36.0 Å². The van der Waals surface area contributed by atoms with Crippen LogP contribution in [0.25, 0.3) is 10.8 Å². The molecule has 0 bridgehead atoms. The number of aromatic nitrogens is 1. The highest BCUT2D eigenvalue weighted by Crippen LogP contribution is 2.23. The zero-order valence-corrected chi connectivity index (χ0v) is 8.83. The molecule has 0 aliphatic heterocycles. The van der Waals surface area contributed by atoms with E-state index in [0.29, 0.717) is 6.54 Å². The lowest BCUT2D eigenvalue weighted by molar-refractivity contribution is 1.01. The van der Waals surface area contributed by atoms with Gasteiger partial charge in [-0.2, -0.15) is 0 Å². The van der Waals surface area contributed by atoms with Crippen molar-refractivity contribution < 1.29 is 0 Å². The Balaban J connectivity index is 2.53. The normalized spacial score (nSPS) is 10.5. The topological polar surface area (TPSA) is 50.9 Å². The summed E-state index contributed by atoms with van der Waals surface area (Å²) in [6.45, 7) is 3.46. The van der Waals surface area contributed by atoms with Crippen molar-refractivity contribution in [1.29, 1.82) is 0 Å². The van der Waals surface area contributed by atoms with Gasteiger partial charge < -0.3 is 11.1 Å². The quantitative estimate of drug-likeness (QED) is 0.797. The second-order valence-electron chi connectivity index (χ2n) is 3.55. The number of nitrogens with zero attached hydrogens (tertiary/aromatic N) is 1. The third-order valence-corrected chi connectivity index (χ3v) is 2.44. The van der Waals surface area contributed by atoms with Gasteiger partial charge in [0, 0.05) is 24.7 Å². The van der Waals surface area contributed by atoms with Crippen molar-refractivity contribution in [1.82, 2.24) is 4.98 Å². The lowest BCUT2D eigenvalue weighted by atomic mass is 10.1. The number of hydrogen-bond donors (Lipinski definition) is 2. The molecule has 0 aliphatic rings. The molecule has 0 radical (unpaired) electrons. The molecule has 78 valence electrons. The van der Waals surface area contributed by atoms with Gasteiger partial charge in [0.05, 0.1) is 0 Å². The van der Waals surface area contributed by atoms with Gasteiger partial charge in [0.2, 0.25) is 0 Å². The fourth-order valence-corrected chi connectivity index (χ4v) is 1.73. The molecule has 3 nitrogen and oxygen atoms in total. The van der Waals surface area contributed by atoms with E-state index in [9.17, 15) is 0 Å². The molecular formula is C12H15N3. The van der Waals surface area contributed by atoms with Gasteiger partial charge in [-0.15, -0.1) is 0 Å². The van der Waals surface area contributed by atoms with Crippen molar-refractivity contribution in [2.24, 2.45) is 5.73 Å². The van der Waals surface area contributed by atoms with Crippen LogP contribution in [0.5, 0.6) is 0 Å². The Hall–Kier alpha value is -1.61. The van der Waals surface area contributed by atoms with Crippen LogP contribution < -0.4 is 11.1 Å². The summed E-state index contributed by atoms with van der Waals surface area (Å²) in [5.41, 5.74) is 6.70. The van der Waals surface area contributed by atoms with Crippen LogP contribution in [0.15, 0.2) is 30.5 Å². The predicted molar refractivity (Wildman–Crippen MR) is 64.0 cm³/mol. The van der Waals surface area contributed by atoms with Crippen molar-refractivity contribution >= 4 is 16.6 Å². The number of benzene rings is 1. The Kier molecular flexibility index (Phi) is 2.83. The summed E-state index contributed by atoms with van der Waals surface area (Å²) < 4.78 is 0. The SMILES string of the molecule is Cc1cccc2ccnc(NCCN)c12. The summed E-state index contributed by atoms with van der Waals surface area (Å²) in [4.78, 5) is 4.34. The van der Waals surface area contributed by atoms with Gasteiger partial charge in [0.25, 0.3) is 0 Å². The second-order valence-corrected chi connectivity index (χ2v) is 3.55. The molecule has 0 amide bonds. The lowest BCUT2D eigenvalue weighted by Gasteiger charge is -2.09. The Bertz CT molecular complexity index is 460. The van der Waals surface area contributed by atoms with Gasteiger partial charge >= 0.3 is 0 Å². The highest BCUT2D eigenvalue weighted by Gasteiger charge is 2.03. The van der Waals surface area contributed by atoms with Crippen LogP contribution in [0.1, 0.15) is 5.56 Å². The molecule has 1 heterocycles. The van der Waals surface area contributed by atoms with E-state index in [0.717, 1.165) is 12.4 Å². The first-order valence-corrected chi connectivity index (χ1v) is 5.11. The molecule has 0 aliphatic carbocycles. The molecule has 1 aromatic heterocycles. The Labute approximate surface area is 89.3 Å². The molecule has 2 aromatic rings. The summed E-state index contributed by atoms with van der Waals surface area (Å²) in [5, 5.41) is 5.64. The number of nitrogens with one attached hydrogen (secondary N) is 1. The molecule has 0 fully saturated rings. The Morgan fingerprint density at radius 1 is 1.33 bits per heavy atom. The van der Waals surface area contributed by atoms with Crippen molar-refractivity contribution in [2.75, 3.05) is 18.4 Å². The third-order valence-electron chi connectivity index (χ3n) is 2.44. The van der Waals surface area contributed by atoms with Gasteiger partial charge in [0.15, 0.2) is 0 Å². The summed E-state index contributed by atoms with van der Waals surface area (Å²) in [7, 11) is 0. The van der Waals surface area contributed by atoms with Gasteiger partial charge in [0.1, 0.15) is 5.82 Å². The number of pyridine rings is 1. The van der Waals surface area contributed by atoms with E-state index in [2.05, 4.69) is 35.4 Å². The number of aryl methyl sites for hydroxylation is 1. The van der Waals surface area contributed by atoms with Gasteiger partial charge in [-0.1, -0.05) is 18.2 Å². The van der Waals surface area contributed by atoms with E-state index in [1.54, 1.807) is 0 Å². The summed E-state index contributed by atoms with van der Waals surface area (Å²) in [6.07, 6.45) is 1.82. The second kappa shape index (κ2) is 4.28. The number of anilines is 1. The maximum Gasteiger partial charge on any atom is 0.134 e. The predicted octanol–water partition coefficient (Wildman–Crippen LogP) is 1.91. The zero-order valence-electron chi connectivity index (χ0n) is 8.83. The zero-order chi connectivity index (χ0) is 10.7. The molecule has 1 aromatic carbocycles. The average Bonchev–Trinajstić information content (AvgIpc) is 2.26. The first-order chi connectivity index (χ1) is 7.33. The third kappa shape index (κ3) is 1.92. The van der Waals surface area contributed by atoms with Crippen LogP contribution in [-0.2, 0) is 0 Å². The molecule has 15 heavy (non-hydrogen) atoms. The molecule has 3 heteroatoms. The van der Waals surface area contributed by atoms with Crippen LogP contribution in [0.4, 0.5) is 5.82 Å². The fourth-order valence-electron chi connectivity index (χ4n) is 1.73. The average molecular weight is 201 g/mol. The van der Waals surface area contributed by atoms with Crippen molar-refractivity contribution in [3.63, 3.8) is 0 Å². The first kappa shape index (κ1) is 9.93. The van der Waals surface area contributed by atoms with Gasteiger partial charge in [-0.05, 0) is 23.9 Å². The molecule has 0 atom stereocenters. The van der Waals surface area contributed by atoms with Crippen molar-refractivity contribution in [3.8, 4) is 0 Å². The molecular weight excluding hydrogens is 186 g/mol. The molecule has 2 rings (SSSR count). The highest BCUT2D eigenvalue weighted by molar-refractivity contribution is 5.94. The van der Waals surface area contributed by atoms with Crippen LogP contribution in [0.2, 0.25) is 0 Å². The Morgan fingerprint density at radius 2 is 2.20 bits per heavy atom. The summed E-state index contributed by atoms with van der Waals surface area (Å²) in [6, 6.07) is 8.27. The molecule has 0 saturated heterocycles. The van der Waals surface area contributed by atoms with Crippen LogP contribution >= 0.6 is 0 Å². The number of nitrogens with two attached hydrogens (primary N) is 1. The maximum absolute atomic E-state index is 5.47. The molecule has 0 saturated carbocycles. The molecule has 3 N–H and O–H groups in total. The summed E-state index contributed by atoms with van der Waals surface area (Å²) >= 11 is 0. The van der Waals surface area contributed by atoms with E-state index < -0.39 is 0 Å². The fraction of sp³-hybridized carbons (Fsp3) is 0.250. The van der Waals surface area contributed by atoms with E-state index in [4.69, 9.17) is 5.73 Å². The minimum atomic E-state index is 0.615. The van der Waals surface area contributed by atoms with E-state index in [1.807, 2.05) is 12.3 Å². The lowest BCUT2D eigenvalue weighted by Crippen LogP contribution is -2.14. The van der Waals surface area contributed by atoms with Crippen LogP contribution in [0, 0.1) is 6.92 Å². The van der Waals surface area contributed by atoms with Gasteiger partial charge in [-0.25, -0.2) is 4.98 Å². The minimum absolute atomic E-state index is 0.615. The number of rotatable bonds is 3. The minimum Gasteiger partial charge on any atom is -0.368 e. The first-order valence-electron chi connectivity index (χ1n) is 5.11. The monoisotopic (exact) mass is 201 g/mol. The van der Waals surface area contributed by atoms with E-state index >= 15 is 0 Å². The molecule has 0 unspecified atom stereocenters. The highest BCUT2D eigenvalue weighted by atomic mass is 15.0. The summed E-state index contributed by atoms with van der Waals surface area (Å²) in [5.74, 6) is 0.927. The van der Waals surface area contributed by atoms with E-state index in [-0.39, 0.29) is 0 Å². The number of hydrogen-bond acceptors (Lipinski definition) is 3. The van der Waals surface area contributed by atoms with E-state index in [1.165, 1.54) is 16.3 Å². The van der Waals surface area contributed by atoms with Crippen LogP contribution in [0.3, 0.4) is 0 Å². The van der Waals surface area contributed by atoms with Crippen molar-refractivity contribution in [2.45, 2.75) is 6.92 Å². The Morgan fingerprint density at radius 3 is 3.00 bits per heavy atom. The molecule has 0 spiro atoms. The smallest absolute Gasteiger partial charge is 0.134 e. The standard InChI is InChI=1S/C12H15N3/c1-9-3-2-4-10-5-7-14-12(11(9)10)15-8-6-13/h2-5,7H,6,8,13H2,1H3,(H,14,15). The largest absolute Gasteiger partial charge is 0.368 e.